The number of aromatic nitrogens is 1. The number of rotatable bonds is 5. The fraction of sp³-hybridized carbons (Fsp3) is 0.333. The van der Waals surface area contributed by atoms with Crippen LogP contribution >= 0.6 is 0 Å². The van der Waals surface area contributed by atoms with Crippen LogP contribution in [0.2, 0.25) is 0 Å². The van der Waals surface area contributed by atoms with Crippen molar-refractivity contribution in [1.29, 1.82) is 0 Å². The summed E-state index contributed by atoms with van der Waals surface area (Å²) in [5, 5.41) is 4.05. The topological polar surface area (TPSA) is 66.9 Å². The van der Waals surface area contributed by atoms with E-state index in [0.717, 1.165) is 60.8 Å². The van der Waals surface area contributed by atoms with Crippen molar-refractivity contribution >= 4 is 22.5 Å². The highest BCUT2D eigenvalue weighted by atomic mass is 16.7. The van der Waals surface area contributed by atoms with E-state index in [4.69, 9.17) is 9.47 Å². The highest BCUT2D eigenvalue weighted by Gasteiger charge is 2.26. The average Bonchev–Trinajstić information content (AvgIpc) is 3.27. The van der Waals surface area contributed by atoms with Crippen LogP contribution in [0.1, 0.15) is 12.5 Å². The molecule has 2 aliphatic rings. The zero-order chi connectivity index (χ0) is 21.2. The van der Waals surface area contributed by atoms with E-state index in [1.54, 1.807) is 6.20 Å². The summed E-state index contributed by atoms with van der Waals surface area (Å²) in [6.07, 6.45) is 1.76. The summed E-state index contributed by atoms with van der Waals surface area (Å²) in [7, 11) is 0. The van der Waals surface area contributed by atoms with Crippen LogP contribution in [0.15, 0.2) is 54.7 Å². The Bertz CT molecular complexity index is 1090. The molecule has 5 rings (SSSR count). The highest BCUT2D eigenvalue weighted by Crippen LogP contribution is 2.33. The van der Waals surface area contributed by atoms with Crippen molar-refractivity contribution in [1.82, 2.24) is 14.8 Å². The normalized spacial score (nSPS) is 17.6. The Morgan fingerprint density at radius 1 is 1.06 bits per heavy atom. The van der Waals surface area contributed by atoms with Crippen LogP contribution in [-0.4, -0.2) is 59.7 Å². The highest BCUT2D eigenvalue weighted by molar-refractivity contribution is 6.02. The predicted octanol–water partition coefficient (Wildman–Crippen LogP) is 3.11. The quantitative estimate of drug-likeness (QED) is 0.687. The van der Waals surface area contributed by atoms with E-state index in [1.807, 2.05) is 43.3 Å². The molecular weight excluding hydrogens is 392 g/mol. The van der Waals surface area contributed by atoms with Crippen LogP contribution < -0.4 is 14.8 Å². The lowest BCUT2D eigenvalue weighted by Crippen LogP contribution is -2.52. The molecule has 0 aliphatic carbocycles. The SMILES string of the molecule is C[C@@H](C(=O)Nc1cccc2ncccc12)N1CCN(Cc2ccc3c(c2)OCO3)CC1. The van der Waals surface area contributed by atoms with Gasteiger partial charge in [0.25, 0.3) is 0 Å². The van der Waals surface area contributed by atoms with Crippen LogP contribution in [0.5, 0.6) is 11.5 Å². The number of amides is 1. The largest absolute Gasteiger partial charge is 0.454 e. The third-order valence-electron chi connectivity index (χ3n) is 6.08. The van der Waals surface area contributed by atoms with Gasteiger partial charge in [0, 0.05) is 44.3 Å². The molecule has 2 aliphatic heterocycles. The average molecular weight is 418 g/mol. The minimum absolute atomic E-state index is 0.0144. The van der Waals surface area contributed by atoms with Gasteiger partial charge < -0.3 is 14.8 Å². The van der Waals surface area contributed by atoms with Gasteiger partial charge in [-0.2, -0.15) is 0 Å². The number of hydrogen-bond donors (Lipinski definition) is 1. The molecular formula is C24H26N4O3. The first kappa shape index (κ1) is 19.8. The van der Waals surface area contributed by atoms with Crippen LogP contribution in [0, 0.1) is 0 Å². The van der Waals surface area contributed by atoms with E-state index in [1.165, 1.54) is 5.56 Å². The molecule has 1 amide bonds. The Morgan fingerprint density at radius 3 is 2.77 bits per heavy atom. The Hall–Kier alpha value is -3.16. The number of fused-ring (bicyclic) bond motifs is 2. The van der Waals surface area contributed by atoms with E-state index in [2.05, 4.69) is 32.2 Å². The molecule has 0 saturated carbocycles. The number of hydrogen-bond acceptors (Lipinski definition) is 6. The van der Waals surface area contributed by atoms with Crippen LogP contribution in [0.4, 0.5) is 5.69 Å². The summed E-state index contributed by atoms with van der Waals surface area (Å²) in [6.45, 7) is 6.70. The van der Waals surface area contributed by atoms with Crippen molar-refractivity contribution in [3.8, 4) is 11.5 Å². The lowest BCUT2D eigenvalue weighted by molar-refractivity contribution is -0.121. The van der Waals surface area contributed by atoms with Gasteiger partial charge in [-0.3, -0.25) is 19.6 Å². The molecule has 7 heteroatoms. The minimum atomic E-state index is -0.195. The second-order valence-electron chi connectivity index (χ2n) is 8.04. The standard InChI is InChI=1S/C24H26N4O3/c1-17(24(29)26-21-6-2-5-20-19(21)4-3-9-25-20)28-12-10-27(11-13-28)15-18-7-8-22-23(14-18)31-16-30-22/h2-9,14,17H,10-13,15-16H2,1H3,(H,26,29)/t17-/m0/s1. The molecule has 1 saturated heterocycles. The molecule has 1 N–H and O–H groups in total. The summed E-state index contributed by atoms with van der Waals surface area (Å²) >= 11 is 0. The first-order valence-electron chi connectivity index (χ1n) is 10.7. The Kier molecular flexibility index (Phi) is 5.44. The maximum absolute atomic E-state index is 12.9. The number of benzene rings is 2. The maximum atomic E-state index is 12.9. The number of carbonyl (C=O) groups excluding carboxylic acids is 1. The van der Waals surface area contributed by atoms with E-state index in [9.17, 15) is 4.79 Å². The van der Waals surface area contributed by atoms with Crippen LogP contribution in [0.25, 0.3) is 10.9 Å². The van der Waals surface area contributed by atoms with E-state index in [-0.39, 0.29) is 11.9 Å². The second kappa shape index (κ2) is 8.53. The first-order valence-corrected chi connectivity index (χ1v) is 10.7. The summed E-state index contributed by atoms with van der Waals surface area (Å²) in [5.41, 5.74) is 2.90. The molecule has 0 unspecified atom stereocenters. The van der Waals surface area contributed by atoms with E-state index < -0.39 is 0 Å². The van der Waals surface area contributed by atoms with E-state index >= 15 is 0 Å². The molecule has 7 nitrogen and oxygen atoms in total. The number of anilines is 1. The smallest absolute Gasteiger partial charge is 0.241 e. The van der Waals surface area contributed by atoms with Gasteiger partial charge in [0.1, 0.15) is 0 Å². The molecule has 0 spiro atoms. The summed E-state index contributed by atoms with van der Waals surface area (Å²) in [4.78, 5) is 21.9. The van der Waals surface area contributed by atoms with Gasteiger partial charge in [-0.25, -0.2) is 0 Å². The molecule has 1 aromatic heterocycles. The first-order chi connectivity index (χ1) is 15.2. The number of pyridine rings is 1. The van der Waals surface area contributed by atoms with Crippen molar-refractivity contribution in [2.75, 3.05) is 38.3 Å². The zero-order valence-corrected chi connectivity index (χ0v) is 17.6. The fourth-order valence-electron chi connectivity index (χ4n) is 4.22. The lowest BCUT2D eigenvalue weighted by Gasteiger charge is -2.37. The van der Waals surface area contributed by atoms with Gasteiger partial charge >= 0.3 is 0 Å². The van der Waals surface area contributed by atoms with Gasteiger partial charge in [0.15, 0.2) is 11.5 Å². The van der Waals surface area contributed by atoms with Crippen molar-refractivity contribution in [3.05, 3.63) is 60.3 Å². The second-order valence-corrected chi connectivity index (χ2v) is 8.04. The fourth-order valence-corrected chi connectivity index (χ4v) is 4.22. The molecule has 1 atom stereocenters. The molecule has 31 heavy (non-hydrogen) atoms. The van der Waals surface area contributed by atoms with Crippen molar-refractivity contribution < 1.29 is 14.3 Å². The van der Waals surface area contributed by atoms with Gasteiger partial charge in [0.05, 0.1) is 17.2 Å². The van der Waals surface area contributed by atoms with Gasteiger partial charge in [-0.1, -0.05) is 12.1 Å². The summed E-state index contributed by atoms with van der Waals surface area (Å²) in [5.74, 6) is 1.65. The zero-order valence-electron chi connectivity index (χ0n) is 17.6. The van der Waals surface area contributed by atoms with Crippen molar-refractivity contribution in [3.63, 3.8) is 0 Å². The maximum Gasteiger partial charge on any atom is 0.241 e. The Balaban J connectivity index is 1.17. The Morgan fingerprint density at radius 2 is 1.90 bits per heavy atom. The van der Waals surface area contributed by atoms with Crippen LogP contribution in [-0.2, 0) is 11.3 Å². The minimum Gasteiger partial charge on any atom is -0.454 e. The van der Waals surface area contributed by atoms with Gasteiger partial charge in [-0.15, -0.1) is 0 Å². The molecule has 3 heterocycles. The number of carbonyl (C=O) groups is 1. The molecule has 2 aromatic carbocycles. The van der Waals surface area contributed by atoms with Crippen molar-refractivity contribution in [2.24, 2.45) is 0 Å². The molecule has 160 valence electrons. The lowest BCUT2D eigenvalue weighted by atomic mass is 10.1. The third-order valence-corrected chi connectivity index (χ3v) is 6.08. The van der Waals surface area contributed by atoms with E-state index in [0.29, 0.717) is 6.79 Å². The third kappa shape index (κ3) is 4.19. The summed E-state index contributed by atoms with van der Waals surface area (Å²) < 4.78 is 10.9. The summed E-state index contributed by atoms with van der Waals surface area (Å²) in [6, 6.07) is 15.6. The molecule has 1 fully saturated rings. The molecule has 0 bridgehead atoms. The number of piperazine rings is 1. The number of nitrogens with one attached hydrogen (secondary N) is 1. The van der Waals surface area contributed by atoms with Gasteiger partial charge in [0.2, 0.25) is 12.7 Å². The molecule has 0 radical (unpaired) electrons. The van der Waals surface area contributed by atoms with Crippen molar-refractivity contribution in [2.45, 2.75) is 19.5 Å². The number of ether oxygens (including phenoxy) is 2. The van der Waals surface area contributed by atoms with Gasteiger partial charge in [-0.05, 0) is 48.9 Å². The van der Waals surface area contributed by atoms with Crippen LogP contribution in [0.3, 0.4) is 0 Å². The Labute approximate surface area is 181 Å². The predicted molar refractivity (Wildman–Crippen MR) is 119 cm³/mol. The number of nitrogens with zero attached hydrogens (tertiary/aromatic N) is 3. The monoisotopic (exact) mass is 418 g/mol. The molecule has 3 aromatic rings.